The predicted octanol–water partition coefficient (Wildman–Crippen LogP) is 3.76. The van der Waals surface area contributed by atoms with Crippen molar-refractivity contribution in [2.24, 2.45) is 0 Å². The summed E-state index contributed by atoms with van der Waals surface area (Å²) in [4.78, 5) is 15.0. The highest BCUT2D eigenvalue weighted by Crippen LogP contribution is 2.35. The predicted molar refractivity (Wildman–Crippen MR) is 73.2 cm³/mol. The minimum atomic E-state index is -1.10. The standard InChI is InChI=1S/C13H9Cl2NO3/c1-19-11-3-2-7(14)4-9(11)8-5-12(15)16-6-10(8)13(17)18/h2-6H,1H3,(H,17,18). The number of pyridine rings is 1. The van der Waals surface area contributed by atoms with Gasteiger partial charge in [0.2, 0.25) is 0 Å². The Morgan fingerprint density at radius 3 is 2.63 bits per heavy atom. The first-order valence-corrected chi connectivity index (χ1v) is 6.01. The van der Waals surface area contributed by atoms with Gasteiger partial charge < -0.3 is 9.84 Å². The molecule has 19 heavy (non-hydrogen) atoms. The second kappa shape index (κ2) is 5.47. The highest BCUT2D eigenvalue weighted by atomic mass is 35.5. The molecule has 0 atom stereocenters. The quantitative estimate of drug-likeness (QED) is 0.876. The number of carbonyl (C=O) groups is 1. The van der Waals surface area contributed by atoms with Crippen LogP contribution in [0, 0.1) is 0 Å². The molecule has 0 radical (unpaired) electrons. The van der Waals surface area contributed by atoms with Crippen molar-refractivity contribution in [2.75, 3.05) is 7.11 Å². The van der Waals surface area contributed by atoms with E-state index in [1.165, 1.54) is 19.4 Å². The van der Waals surface area contributed by atoms with E-state index >= 15 is 0 Å². The first kappa shape index (κ1) is 13.6. The lowest BCUT2D eigenvalue weighted by Gasteiger charge is -2.11. The fourth-order valence-electron chi connectivity index (χ4n) is 1.71. The molecule has 0 aliphatic rings. The highest BCUT2D eigenvalue weighted by Gasteiger charge is 2.16. The molecule has 0 saturated heterocycles. The fraction of sp³-hybridized carbons (Fsp3) is 0.0769. The molecule has 0 amide bonds. The van der Waals surface area contributed by atoms with Crippen molar-refractivity contribution >= 4 is 29.2 Å². The second-order valence-corrected chi connectivity index (χ2v) is 4.53. The van der Waals surface area contributed by atoms with Crippen LogP contribution in [0.4, 0.5) is 0 Å². The van der Waals surface area contributed by atoms with Crippen molar-refractivity contribution in [3.05, 3.63) is 46.2 Å². The molecule has 2 aromatic rings. The molecular weight excluding hydrogens is 289 g/mol. The zero-order valence-corrected chi connectivity index (χ0v) is 11.4. The van der Waals surface area contributed by atoms with Crippen LogP contribution in [-0.4, -0.2) is 23.2 Å². The van der Waals surface area contributed by atoms with E-state index in [4.69, 9.17) is 27.9 Å². The summed E-state index contributed by atoms with van der Waals surface area (Å²) >= 11 is 11.8. The van der Waals surface area contributed by atoms with Gasteiger partial charge in [-0.15, -0.1) is 0 Å². The van der Waals surface area contributed by atoms with Gasteiger partial charge in [0.15, 0.2) is 0 Å². The normalized spacial score (nSPS) is 10.3. The number of halogens is 2. The largest absolute Gasteiger partial charge is 0.496 e. The number of ether oxygens (including phenoxy) is 1. The number of rotatable bonds is 3. The number of carboxylic acid groups (broad SMARTS) is 1. The van der Waals surface area contributed by atoms with E-state index in [1.807, 2.05) is 0 Å². The Morgan fingerprint density at radius 2 is 2.00 bits per heavy atom. The lowest BCUT2D eigenvalue weighted by molar-refractivity contribution is 0.0697. The van der Waals surface area contributed by atoms with E-state index < -0.39 is 5.97 Å². The number of hydrogen-bond donors (Lipinski definition) is 1. The average molecular weight is 298 g/mol. The molecule has 4 nitrogen and oxygen atoms in total. The summed E-state index contributed by atoms with van der Waals surface area (Å²) in [6.07, 6.45) is 1.21. The minimum absolute atomic E-state index is 0.0324. The Kier molecular flexibility index (Phi) is 3.93. The van der Waals surface area contributed by atoms with Gasteiger partial charge in [0.05, 0.1) is 12.7 Å². The van der Waals surface area contributed by atoms with Crippen molar-refractivity contribution in [1.29, 1.82) is 0 Å². The molecule has 2 rings (SSSR count). The van der Waals surface area contributed by atoms with E-state index in [-0.39, 0.29) is 10.7 Å². The summed E-state index contributed by atoms with van der Waals surface area (Å²) < 4.78 is 5.21. The molecule has 0 aliphatic carbocycles. The number of benzene rings is 1. The van der Waals surface area contributed by atoms with E-state index in [0.29, 0.717) is 21.9 Å². The van der Waals surface area contributed by atoms with Crippen molar-refractivity contribution < 1.29 is 14.6 Å². The molecule has 0 saturated carbocycles. The number of nitrogens with zero attached hydrogens (tertiary/aromatic N) is 1. The lowest BCUT2D eigenvalue weighted by Crippen LogP contribution is -2.01. The van der Waals surface area contributed by atoms with Gasteiger partial charge in [-0.2, -0.15) is 0 Å². The van der Waals surface area contributed by atoms with Gasteiger partial charge in [0.1, 0.15) is 10.9 Å². The first-order valence-electron chi connectivity index (χ1n) is 5.25. The summed E-state index contributed by atoms with van der Waals surface area (Å²) in [7, 11) is 1.50. The molecule has 1 heterocycles. The van der Waals surface area contributed by atoms with Crippen molar-refractivity contribution in [1.82, 2.24) is 4.98 Å². The van der Waals surface area contributed by atoms with Crippen molar-refractivity contribution in [3.63, 3.8) is 0 Å². The van der Waals surface area contributed by atoms with Crippen LogP contribution in [0.2, 0.25) is 10.2 Å². The van der Waals surface area contributed by atoms with Crippen LogP contribution in [0.1, 0.15) is 10.4 Å². The summed E-state index contributed by atoms with van der Waals surface area (Å²) in [5, 5.41) is 9.86. The van der Waals surface area contributed by atoms with Gasteiger partial charge in [-0.25, -0.2) is 9.78 Å². The van der Waals surface area contributed by atoms with Gasteiger partial charge in [0.25, 0.3) is 0 Å². The Labute approximate surface area is 119 Å². The molecule has 0 unspecified atom stereocenters. The van der Waals surface area contributed by atoms with Gasteiger partial charge in [-0.1, -0.05) is 23.2 Å². The highest BCUT2D eigenvalue weighted by molar-refractivity contribution is 6.31. The van der Waals surface area contributed by atoms with Crippen LogP contribution < -0.4 is 4.74 Å². The van der Waals surface area contributed by atoms with Gasteiger partial charge in [0, 0.05) is 22.3 Å². The lowest BCUT2D eigenvalue weighted by atomic mass is 10.0. The number of hydrogen-bond acceptors (Lipinski definition) is 3. The van der Waals surface area contributed by atoms with Gasteiger partial charge in [-0.3, -0.25) is 0 Å². The van der Waals surface area contributed by atoms with Gasteiger partial charge >= 0.3 is 5.97 Å². The van der Waals surface area contributed by atoms with Crippen LogP contribution in [0.5, 0.6) is 5.75 Å². The van der Waals surface area contributed by atoms with Crippen LogP contribution in [0.15, 0.2) is 30.5 Å². The Balaban J connectivity index is 2.73. The number of aromatic nitrogens is 1. The molecule has 98 valence electrons. The SMILES string of the molecule is COc1ccc(Cl)cc1-c1cc(Cl)ncc1C(=O)O. The fourth-order valence-corrected chi connectivity index (χ4v) is 2.04. The zero-order chi connectivity index (χ0) is 14.0. The minimum Gasteiger partial charge on any atom is -0.496 e. The van der Waals surface area contributed by atoms with E-state index in [9.17, 15) is 9.90 Å². The molecule has 0 aliphatic heterocycles. The molecule has 0 spiro atoms. The molecule has 1 N–H and O–H groups in total. The number of aromatic carboxylic acids is 1. The second-order valence-electron chi connectivity index (χ2n) is 3.70. The third kappa shape index (κ3) is 2.80. The summed E-state index contributed by atoms with van der Waals surface area (Å²) in [5.74, 6) is -0.588. The maximum absolute atomic E-state index is 11.2. The van der Waals surface area contributed by atoms with E-state index in [1.54, 1.807) is 18.2 Å². The number of carboxylic acids is 1. The van der Waals surface area contributed by atoms with E-state index in [0.717, 1.165) is 0 Å². The maximum atomic E-state index is 11.2. The molecule has 6 heteroatoms. The summed E-state index contributed by atoms with van der Waals surface area (Å²) in [6, 6.07) is 6.42. The summed E-state index contributed by atoms with van der Waals surface area (Å²) in [6.45, 7) is 0. The third-order valence-corrected chi connectivity index (χ3v) is 2.99. The van der Waals surface area contributed by atoms with Crippen molar-refractivity contribution in [2.45, 2.75) is 0 Å². The molecule has 0 fully saturated rings. The van der Waals surface area contributed by atoms with Crippen LogP contribution in [0.3, 0.4) is 0 Å². The third-order valence-electron chi connectivity index (χ3n) is 2.55. The molecule has 1 aromatic heterocycles. The van der Waals surface area contributed by atoms with Gasteiger partial charge in [-0.05, 0) is 24.3 Å². The zero-order valence-electron chi connectivity index (χ0n) is 9.85. The first-order chi connectivity index (χ1) is 9.02. The topological polar surface area (TPSA) is 59.4 Å². The smallest absolute Gasteiger partial charge is 0.337 e. The Bertz CT molecular complexity index is 644. The molecule has 0 bridgehead atoms. The Morgan fingerprint density at radius 1 is 1.26 bits per heavy atom. The monoisotopic (exact) mass is 297 g/mol. The maximum Gasteiger partial charge on any atom is 0.337 e. The van der Waals surface area contributed by atoms with Crippen LogP contribution in [0.25, 0.3) is 11.1 Å². The van der Waals surface area contributed by atoms with E-state index in [2.05, 4.69) is 4.98 Å². The van der Waals surface area contributed by atoms with Crippen LogP contribution in [-0.2, 0) is 0 Å². The van der Waals surface area contributed by atoms with Crippen LogP contribution >= 0.6 is 23.2 Å². The molecular formula is C13H9Cl2NO3. The summed E-state index contributed by atoms with van der Waals surface area (Å²) in [5.41, 5.74) is 0.994. The van der Waals surface area contributed by atoms with Crippen molar-refractivity contribution in [3.8, 4) is 16.9 Å². The molecule has 1 aromatic carbocycles. The Hall–Kier alpha value is -1.78. The number of methoxy groups -OCH3 is 1. The average Bonchev–Trinajstić information content (AvgIpc) is 2.38.